The summed E-state index contributed by atoms with van der Waals surface area (Å²) in [4.78, 5) is 8.47. The van der Waals surface area contributed by atoms with E-state index in [4.69, 9.17) is 16.3 Å². The minimum atomic E-state index is 0.0841. The molecular weight excluding hydrogens is 238 g/mol. The Labute approximate surface area is 108 Å². The monoisotopic (exact) mass is 257 g/mol. The molecular formula is C12H20ClN3O. The number of ether oxygens (including phenoxy) is 1. The summed E-state index contributed by atoms with van der Waals surface area (Å²) >= 11 is 6.17. The zero-order valence-corrected chi connectivity index (χ0v) is 11.6. The molecule has 0 aliphatic heterocycles. The first-order valence-corrected chi connectivity index (χ1v) is 6.33. The first-order valence-electron chi connectivity index (χ1n) is 5.89. The maximum Gasteiger partial charge on any atom is 0.218 e. The summed E-state index contributed by atoms with van der Waals surface area (Å²) in [7, 11) is 0. The van der Waals surface area contributed by atoms with Gasteiger partial charge in [-0.2, -0.15) is 4.98 Å². The molecule has 96 valence electrons. The number of aryl methyl sites for hydroxylation is 1. The zero-order chi connectivity index (χ0) is 12.8. The maximum atomic E-state index is 6.17. The van der Waals surface area contributed by atoms with Gasteiger partial charge in [-0.3, -0.25) is 0 Å². The average molecular weight is 258 g/mol. The van der Waals surface area contributed by atoms with Crippen LogP contribution in [0.2, 0.25) is 0 Å². The quantitative estimate of drug-likeness (QED) is 0.796. The molecule has 4 nitrogen and oxygen atoms in total. The topological polar surface area (TPSA) is 47.0 Å². The van der Waals surface area contributed by atoms with Gasteiger partial charge in [-0.1, -0.05) is 13.8 Å². The summed E-state index contributed by atoms with van der Waals surface area (Å²) in [5.74, 6) is 2.47. The molecule has 0 aliphatic rings. The van der Waals surface area contributed by atoms with Crippen molar-refractivity contribution in [2.45, 2.75) is 33.1 Å². The van der Waals surface area contributed by atoms with Crippen LogP contribution in [0.3, 0.4) is 0 Å². The molecule has 0 spiro atoms. The molecule has 5 heteroatoms. The van der Waals surface area contributed by atoms with Gasteiger partial charge in [0.05, 0.1) is 12.0 Å². The third kappa shape index (κ3) is 4.77. The molecule has 1 N–H and O–H groups in total. The van der Waals surface area contributed by atoms with Crippen molar-refractivity contribution in [2.24, 2.45) is 5.92 Å². The SMILES string of the molecule is CCOc1cc(NCC(Cl)C(C)C)nc(C)n1. The Bertz CT molecular complexity index is 358. The average Bonchev–Trinajstić information content (AvgIpc) is 2.25. The van der Waals surface area contributed by atoms with E-state index in [1.54, 1.807) is 6.07 Å². The Morgan fingerprint density at radius 2 is 2.12 bits per heavy atom. The fraction of sp³-hybridized carbons (Fsp3) is 0.667. The van der Waals surface area contributed by atoms with Crippen LogP contribution in [-0.4, -0.2) is 28.5 Å². The van der Waals surface area contributed by atoms with Crippen molar-refractivity contribution in [3.05, 3.63) is 11.9 Å². The van der Waals surface area contributed by atoms with Crippen molar-refractivity contribution >= 4 is 17.4 Å². The third-order valence-corrected chi connectivity index (χ3v) is 2.97. The zero-order valence-electron chi connectivity index (χ0n) is 10.8. The highest BCUT2D eigenvalue weighted by atomic mass is 35.5. The van der Waals surface area contributed by atoms with Gasteiger partial charge in [0.2, 0.25) is 5.88 Å². The van der Waals surface area contributed by atoms with Gasteiger partial charge in [-0.05, 0) is 19.8 Å². The molecule has 0 radical (unpaired) electrons. The highest BCUT2D eigenvalue weighted by Gasteiger charge is 2.10. The molecule has 17 heavy (non-hydrogen) atoms. The number of alkyl halides is 1. The van der Waals surface area contributed by atoms with Crippen LogP contribution in [0.1, 0.15) is 26.6 Å². The molecule has 1 atom stereocenters. The minimum absolute atomic E-state index is 0.0841. The lowest BCUT2D eigenvalue weighted by atomic mass is 10.1. The number of hydrogen-bond donors (Lipinski definition) is 1. The smallest absolute Gasteiger partial charge is 0.218 e. The molecule has 0 aromatic carbocycles. The van der Waals surface area contributed by atoms with E-state index in [-0.39, 0.29) is 5.38 Å². The number of anilines is 1. The van der Waals surface area contributed by atoms with Crippen molar-refractivity contribution in [3.8, 4) is 5.88 Å². The second-order valence-corrected chi connectivity index (χ2v) is 4.77. The highest BCUT2D eigenvalue weighted by molar-refractivity contribution is 6.21. The van der Waals surface area contributed by atoms with Crippen LogP contribution in [0.5, 0.6) is 5.88 Å². The Hall–Kier alpha value is -1.03. The van der Waals surface area contributed by atoms with Gasteiger partial charge in [0.1, 0.15) is 11.6 Å². The molecule has 1 aromatic heterocycles. The van der Waals surface area contributed by atoms with Crippen LogP contribution in [-0.2, 0) is 0 Å². The van der Waals surface area contributed by atoms with E-state index < -0.39 is 0 Å². The third-order valence-electron chi connectivity index (χ3n) is 2.31. The molecule has 0 saturated heterocycles. The Balaban J connectivity index is 2.64. The van der Waals surface area contributed by atoms with E-state index in [0.29, 0.717) is 30.8 Å². The van der Waals surface area contributed by atoms with E-state index in [0.717, 1.165) is 5.82 Å². The summed E-state index contributed by atoms with van der Waals surface area (Å²) < 4.78 is 5.36. The van der Waals surface area contributed by atoms with Gasteiger partial charge in [0.15, 0.2) is 0 Å². The Kier molecular flexibility index (Phi) is 5.48. The highest BCUT2D eigenvalue weighted by Crippen LogP contribution is 2.15. The lowest BCUT2D eigenvalue weighted by Crippen LogP contribution is -2.20. The summed E-state index contributed by atoms with van der Waals surface area (Å²) in [6, 6.07) is 1.79. The molecule has 0 saturated carbocycles. The van der Waals surface area contributed by atoms with E-state index in [1.165, 1.54) is 0 Å². The Morgan fingerprint density at radius 1 is 1.41 bits per heavy atom. The molecule has 0 aliphatic carbocycles. The molecule has 1 aromatic rings. The second-order valence-electron chi connectivity index (χ2n) is 4.21. The van der Waals surface area contributed by atoms with E-state index in [1.807, 2.05) is 13.8 Å². The van der Waals surface area contributed by atoms with Gasteiger partial charge in [0.25, 0.3) is 0 Å². The van der Waals surface area contributed by atoms with Crippen molar-refractivity contribution < 1.29 is 4.74 Å². The fourth-order valence-corrected chi connectivity index (χ4v) is 1.37. The van der Waals surface area contributed by atoms with Crippen LogP contribution in [0.15, 0.2) is 6.07 Å². The first kappa shape index (κ1) is 14.0. The number of rotatable bonds is 6. The summed E-state index contributed by atoms with van der Waals surface area (Å²) in [6.07, 6.45) is 0. The van der Waals surface area contributed by atoms with Crippen LogP contribution < -0.4 is 10.1 Å². The number of aromatic nitrogens is 2. The predicted octanol–water partition coefficient (Wildman–Crippen LogP) is 2.86. The van der Waals surface area contributed by atoms with E-state index >= 15 is 0 Å². The van der Waals surface area contributed by atoms with E-state index in [2.05, 4.69) is 29.1 Å². The predicted molar refractivity (Wildman–Crippen MR) is 70.9 cm³/mol. The summed E-state index contributed by atoms with van der Waals surface area (Å²) in [6.45, 7) is 9.24. The Morgan fingerprint density at radius 3 is 2.71 bits per heavy atom. The number of hydrogen-bond acceptors (Lipinski definition) is 4. The lowest BCUT2D eigenvalue weighted by Gasteiger charge is -2.15. The maximum absolute atomic E-state index is 6.17. The minimum Gasteiger partial charge on any atom is -0.478 e. The van der Waals surface area contributed by atoms with E-state index in [9.17, 15) is 0 Å². The van der Waals surface area contributed by atoms with Gasteiger partial charge < -0.3 is 10.1 Å². The van der Waals surface area contributed by atoms with Gasteiger partial charge in [0, 0.05) is 12.6 Å². The molecule has 1 heterocycles. The molecule has 0 fully saturated rings. The van der Waals surface area contributed by atoms with Crippen LogP contribution >= 0.6 is 11.6 Å². The number of nitrogens with one attached hydrogen (secondary N) is 1. The lowest BCUT2D eigenvalue weighted by molar-refractivity contribution is 0.325. The largest absolute Gasteiger partial charge is 0.478 e. The van der Waals surface area contributed by atoms with Crippen LogP contribution in [0.4, 0.5) is 5.82 Å². The molecule has 1 unspecified atom stereocenters. The summed E-state index contributed by atoms with van der Waals surface area (Å²) in [5, 5.41) is 3.29. The molecule has 0 amide bonds. The van der Waals surface area contributed by atoms with Gasteiger partial charge in [-0.15, -0.1) is 11.6 Å². The fourth-order valence-electron chi connectivity index (χ4n) is 1.29. The van der Waals surface area contributed by atoms with Crippen LogP contribution in [0.25, 0.3) is 0 Å². The molecule has 0 bridgehead atoms. The van der Waals surface area contributed by atoms with Crippen molar-refractivity contribution in [3.63, 3.8) is 0 Å². The second kappa shape index (κ2) is 6.64. The first-order chi connectivity index (χ1) is 8.02. The van der Waals surface area contributed by atoms with Crippen molar-refractivity contribution in [2.75, 3.05) is 18.5 Å². The normalized spacial score (nSPS) is 12.6. The van der Waals surface area contributed by atoms with Crippen LogP contribution in [0, 0.1) is 12.8 Å². The molecule has 1 rings (SSSR count). The number of nitrogens with zero attached hydrogens (tertiary/aromatic N) is 2. The standard InChI is InChI=1S/C12H20ClN3O/c1-5-17-12-6-11(15-9(4)16-12)14-7-10(13)8(2)3/h6,8,10H,5,7H2,1-4H3,(H,14,15,16). The van der Waals surface area contributed by atoms with Crippen molar-refractivity contribution in [1.82, 2.24) is 9.97 Å². The summed E-state index contributed by atoms with van der Waals surface area (Å²) in [5.41, 5.74) is 0. The van der Waals surface area contributed by atoms with Gasteiger partial charge >= 0.3 is 0 Å². The van der Waals surface area contributed by atoms with Gasteiger partial charge in [-0.25, -0.2) is 4.98 Å². The van der Waals surface area contributed by atoms with Crippen molar-refractivity contribution in [1.29, 1.82) is 0 Å². The number of halogens is 1.